The van der Waals surface area contributed by atoms with Crippen molar-refractivity contribution in [3.63, 3.8) is 0 Å². The van der Waals surface area contributed by atoms with E-state index >= 15 is 0 Å². The summed E-state index contributed by atoms with van der Waals surface area (Å²) in [5, 5.41) is 0. The summed E-state index contributed by atoms with van der Waals surface area (Å²) < 4.78 is 0. The Morgan fingerprint density at radius 3 is 2.47 bits per heavy atom. The molecule has 1 aromatic heterocycles. The Hall–Kier alpha value is -1.42. The second kappa shape index (κ2) is 6.66. The summed E-state index contributed by atoms with van der Waals surface area (Å²) in [7, 11) is 0. The van der Waals surface area contributed by atoms with E-state index in [9.17, 15) is 4.79 Å². The van der Waals surface area contributed by atoms with Crippen molar-refractivity contribution in [3.8, 4) is 0 Å². The van der Waals surface area contributed by atoms with Crippen molar-refractivity contribution >= 4 is 11.5 Å². The molecule has 1 saturated heterocycles. The van der Waals surface area contributed by atoms with Crippen LogP contribution in [-0.4, -0.2) is 48.4 Å². The number of nitrogens with zero attached hydrogens (tertiary/aromatic N) is 3. The molecule has 0 atom stereocenters. The van der Waals surface area contributed by atoms with E-state index in [2.05, 4.69) is 21.7 Å². The number of carbonyl (C=O) groups excluding carboxylic acids is 1. The molecule has 0 aromatic carbocycles. The van der Waals surface area contributed by atoms with Crippen molar-refractivity contribution in [3.05, 3.63) is 24.0 Å². The summed E-state index contributed by atoms with van der Waals surface area (Å²) >= 11 is 0. The van der Waals surface area contributed by atoms with Crippen molar-refractivity contribution in [2.45, 2.75) is 26.7 Å². The van der Waals surface area contributed by atoms with E-state index in [1.54, 1.807) is 0 Å². The highest BCUT2D eigenvalue weighted by Gasteiger charge is 2.16. The molecule has 2 heterocycles. The highest BCUT2D eigenvalue weighted by atomic mass is 16.1. The molecule has 1 aromatic rings. The smallest absolute Gasteiger partial charge is 0.180 e. The van der Waals surface area contributed by atoms with Gasteiger partial charge >= 0.3 is 0 Å². The Morgan fingerprint density at radius 1 is 1.21 bits per heavy atom. The van der Waals surface area contributed by atoms with Crippen LogP contribution in [0.3, 0.4) is 0 Å². The fourth-order valence-electron chi connectivity index (χ4n) is 2.47. The van der Waals surface area contributed by atoms with Crippen LogP contribution in [0, 0.1) is 0 Å². The van der Waals surface area contributed by atoms with Crippen molar-refractivity contribution in [2.75, 3.05) is 37.6 Å². The first-order valence-electron chi connectivity index (χ1n) is 7.21. The van der Waals surface area contributed by atoms with E-state index in [1.807, 2.05) is 25.3 Å². The fraction of sp³-hybridized carbons (Fsp3) is 0.600. The molecule has 0 aliphatic carbocycles. The molecule has 0 N–H and O–H groups in total. The molecule has 1 aliphatic rings. The maximum atomic E-state index is 11.5. The van der Waals surface area contributed by atoms with Gasteiger partial charge in [-0.3, -0.25) is 14.7 Å². The minimum absolute atomic E-state index is 0.110. The van der Waals surface area contributed by atoms with E-state index in [0.717, 1.165) is 31.9 Å². The number of ketones is 1. The predicted octanol–water partition coefficient (Wildman–Crippen LogP) is 2.21. The lowest BCUT2D eigenvalue weighted by Crippen LogP contribution is -2.46. The standard InChI is InChI=1S/C15H23N3O/c1-3-7-17-8-10-18(11-9-17)13-5-6-14(16-12-13)15(19)4-2/h5-6,12H,3-4,7-11H2,1-2H3. The zero-order valence-electron chi connectivity index (χ0n) is 11.9. The predicted molar refractivity (Wildman–Crippen MR) is 77.8 cm³/mol. The van der Waals surface area contributed by atoms with Gasteiger partial charge in [-0.2, -0.15) is 0 Å². The van der Waals surface area contributed by atoms with Crippen LogP contribution < -0.4 is 4.90 Å². The number of pyridine rings is 1. The lowest BCUT2D eigenvalue weighted by Gasteiger charge is -2.35. The van der Waals surface area contributed by atoms with Crippen molar-refractivity contribution in [1.29, 1.82) is 0 Å². The minimum Gasteiger partial charge on any atom is -0.368 e. The number of Topliss-reactive ketones (excluding diaryl/α,β-unsaturated/α-hetero) is 1. The molecule has 0 saturated carbocycles. The maximum absolute atomic E-state index is 11.5. The van der Waals surface area contributed by atoms with Gasteiger partial charge in [0.2, 0.25) is 0 Å². The van der Waals surface area contributed by atoms with Crippen molar-refractivity contribution in [2.24, 2.45) is 0 Å². The summed E-state index contributed by atoms with van der Waals surface area (Å²) in [4.78, 5) is 20.7. The molecule has 0 radical (unpaired) electrons. The molecule has 2 rings (SSSR count). The van der Waals surface area contributed by atoms with Crippen LogP contribution >= 0.6 is 0 Å². The third kappa shape index (κ3) is 3.53. The SMILES string of the molecule is CCCN1CCN(c2ccc(C(=O)CC)nc2)CC1. The first-order chi connectivity index (χ1) is 9.24. The van der Waals surface area contributed by atoms with Crippen LogP contribution in [0.1, 0.15) is 37.2 Å². The van der Waals surface area contributed by atoms with Gasteiger partial charge in [0.05, 0.1) is 11.9 Å². The molecule has 1 aliphatic heterocycles. The molecule has 0 spiro atoms. The van der Waals surface area contributed by atoms with Gasteiger partial charge in [0.25, 0.3) is 0 Å². The Balaban J connectivity index is 1.94. The lowest BCUT2D eigenvalue weighted by molar-refractivity contribution is 0.0983. The summed E-state index contributed by atoms with van der Waals surface area (Å²) in [6.45, 7) is 9.60. The third-order valence-corrected chi connectivity index (χ3v) is 3.63. The van der Waals surface area contributed by atoms with Gasteiger partial charge < -0.3 is 4.90 Å². The number of anilines is 1. The van der Waals surface area contributed by atoms with Crippen LogP contribution in [0.15, 0.2) is 18.3 Å². The summed E-state index contributed by atoms with van der Waals surface area (Å²) in [5.41, 5.74) is 1.71. The van der Waals surface area contributed by atoms with E-state index in [0.29, 0.717) is 12.1 Å². The molecular weight excluding hydrogens is 238 g/mol. The number of piperazine rings is 1. The number of hydrogen-bond donors (Lipinski definition) is 0. The van der Waals surface area contributed by atoms with Gasteiger partial charge in [-0.15, -0.1) is 0 Å². The summed E-state index contributed by atoms with van der Waals surface area (Å²) in [6, 6.07) is 3.87. The fourth-order valence-corrected chi connectivity index (χ4v) is 2.47. The number of aromatic nitrogens is 1. The second-order valence-corrected chi connectivity index (χ2v) is 5.01. The molecule has 19 heavy (non-hydrogen) atoms. The van der Waals surface area contributed by atoms with Crippen LogP contribution in [0.2, 0.25) is 0 Å². The zero-order chi connectivity index (χ0) is 13.7. The number of carbonyl (C=O) groups is 1. The second-order valence-electron chi connectivity index (χ2n) is 5.01. The average Bonchev–Trinajstić information content (AvgIpc) is 2.48. The van der Waals surface area contributed by atoms with E-state index < -0.39 is 0 Å². The van der Waals surface area contributed by atoms with E-state index in [4.69, 9.17) is 0 Å². The van der Waals surface area contributed by atoms with Crippen LogP contribution in [-0.2, 0) is 0 Å². The highest BCUT2D eigenvalue weighted by Crippen LogP contribution is 2.16. The molecule has 4 nitrogen and oxygen atoms in total. The molecule has 104 valence electrons. The molecular formula is C15H23N3O. The van der Waals surface area contributed by atoms with Crippen molar-refractivity contribution in [1.82, 2.24) is 9.88 Å². The van der Waals surface area contributed by atoms with Gasteiger partial charge in [-0.05, 0) is 25.1 Å². The highest BCUT2D eigenvalue weighted by molar-refractivity contribution is 5.94. The van der Waals surface area contributed by atoms with E-state index in [1.165, 1.54) is 13.0 Å². The molecule has 1 fully saturated rings. The molecule has 0 amide bonds. The lowest BCUT2D eigenvalue weighted by atomic mass is 10.2. The Kier molecular flexibility index (Phi) is 4.91. The quantitative estimate of drug-likeness (QED) is 0.761. The molecule has 4 heteroatoms. The van der Waals surface area contributed by atoms with Crippen molar-refractivity contribution < 1.29 is 4.79 Å². The van der Waals surface area contributed by atoms with Crippen LogP contribution in [0.4, 0.5) is 5.69 Å². The normalized spacial score (nSPS) is 16.6. The first kappa shape index (κ1) is 14.0. The molecule has 0 bridgehead atoms. The Labute approximate surface area is 115 Å². The van der Waals surface area contributed by atoms with Gasteiger partial charge in [-0.1, -0.05) is 13.8 Å². The largest absolute Gasteiger partial charge is 0.368 e. The third-order valence-electron chi connectivity index (χ3n) is 3.63. The van der Waals surface area contributed by atoms with Crippen LogP contribution in [0.5, 0.6) is 0 Å². The van der Waals surface area contributed by atoms with Gasteiger partial charge in [0.15, 0.2) is 5.78 Å². The molecule has 0 unspecified atom stereocenters. The number of hydrogen-bond acceptors (Lipinski definition) is 4. The minimum atomic E-state index is 0.110. The van der Waals surface area contributed by atoms with Gasteiger partial charge in [-0.25, -0.2) is 0 Å². The Morgan fingerprint density at radius 2 is 1.95 bits per heavy atom. The monoisotopic (exact) mass is 261 g/mol. The first-order valence-corrected chi connectivity index (χ1v) is 7.21. The number of rotatable bonds is 5. The van der Waals surface area contributed by atoms with Gasteiger partial charge in [0, 0.05) is 32.6 Å². The van der Waals surface area contributed by atoms with Crippen LogP contribution in [0.25, 0.3) is 0 Å². The summed E-state index contributed by atoms with van der Waals surface area (Å²) in [6.07, 6.45) is 3.57. The summed E-state index contributed by atoms with van der Waals surface area (Å²) in [5.74, 6) is 0.110. The average molecular weight is 261 g/mol. The topological polar surface area (TPSA) is 36.4 Å². The van der Waals surface area contributed by atoms with Gasteiger partial charge in [0.1, 0.15) is 5.69 Å². The zero-order valence-corrected chi connectivity index (χ0v) is 11.9. The Bertz CT molecular complexity index is 408. The van der Waals surface area contributed by atoms with E-state index in [-0.39, 0.29) is 5.78 Å². The maximum Gasteiger partial charge on any atom is 0.180 e.